The van der Waals surface area contributed by atoms with Crippen molar-refractivity contribution in [3.8, 4) is 22.3 Å². The third kappa shape index (κ3) is 7.80. The van der Waals surface area contributed by atoms with Gasteiger partial charge in [-0.15, -0.1) is 9.79 Å². The Bertz CT molecular complexity index is 1100. The Labute approximate surface area is 195 Å². The number of benzene rings is 4. The Kier molecular flexibility index (Phi) is 9.59. The van der Waals surface area contributed by atoms with Crippen LogP contribution in [0.2, 0.25) is 0 Å². The van der Waals surface area contributed by atoms with Gasteiger partial charge in [-0.3, -0.25) is 0 Å². The molecule has 33 heavy (non-hydrogen) atoms. The molecule has 2 unspecified atom stereocenters. The average molecular weight is 478 g/mol. The van der Waals surface area contributed by atoms with Gasteiger partial charge in [-0.1, -0.05) is 109 Å². The Morgan fingerprint density at radius 3 is 1.18 bits per heavy atom. The summed E-state index contributed by atoms with van der Waals surface area (Å²) in [4.78, 5) is 15.3. The quantitative estimate of drug-likeness (QED) is 0.277. The van der Waals surface area contributed by atoms with Gasteiger partial charge in [0.25, 0.3) is 0 Å². The molecule has 4 rings (SSSR count). The van der Waals surface area contributed by atoms with Crippen molar-refractivity contribution in [2.24, 2.45) is 0 Å². The third-order valence-electron chi connectivity index (χ3n) is 5.01. The van der Waals surface area contributed by atoms with Gasteiger partial charge in [0.1, 0.15) is 0 Å². The van der Waals surface area contributed by atoms with Crippen molar-refractivity contribution in [1.82, 2.24) is 0 Å². The highest BCUT2D eigenvalue weighted by Gasteiger charge is 2.31. The van der Waals surface area contributed by atoms with Gasteiger partial charge in [0.15, 0.2) is 4.31 Å². The maximum Gasteiger partial charge on any atom is 0.745 e. The second-order valence-electron chi connectivity index (χ2n) is 7.10. The number of aryl methyl sites for hydroxylation is 2. The first-order valence-electron chi connectivity index (χ1n) is 10.3. The lowest BCUT2D eigenvalue weighted by Crippen LogP contribution is -1.96. The molecule has 4 aromatic rings. The van der Waals surface area contributed by atoms with Crippen LogP contribution < -0.4 is 0 Å². The zero-order valence-corrected chi connectivity index (χ0v) is 19.6. The van der Waals surface area contributed by atoms with Crippen molar-refractivity contribution in [2.75, 3.05) is 0 Å². The predicted molar refractivity (Wildman–Crippen MR) is 132 cm³/mol. The highest BCUT2D eigenvalue weighted by atomic mass is 31.2. The van der Waals surface area contributed by atoms with Gasteiger partial charge >= 0.3 is 16.5 Å². The lowest BCUT2D eigenvalue weighted by molar-refractivity contribution is 0.371. The highest BCUT2D eigenvalue weighted by Crippen LogP contribution is 2.31. The maximum absolute atomic E-state index is 9.39. The van der Waals surface area contributed by atoms with Crippen LogP contribution in [0.1, 0.15) is 11.1 Å². The molecular formula is C26H24O5P2+2. The zero-order chi connectivity index (χ0) is 23.5. The first kappa shape index (κ1) is 24.6. The summed E-state index contributed by atoms with van der Waals surface area (Å²) < 4.78 is 22.2. The smallest absolute Gasteiger partial charge is 0.131 e. The molecule has 0 spiro atoms. The molecule has 2 atom stereocenters. The van der Waals surface area contributed by atoms with Gasteiger partial charge in [-0.2, -0.15) is 0 Å². The van der Waals surface area contributed by atoms with E-state index >= 15 is 0 Å². The monoisotopic (exact) mass is 478 g/mol. The van der Waals surface area contributed by atoms with Crippen LogP contribution in [0, 0.1) is 0 Å². The molecule has 7 heteroatoms. The molecule has 5 nitrogen and oxygen atoms in total. The molecule has 0 radical (unpaired) electrons. The fourth-order valence-corrected chi connectivity index (χ4v) is 4.08. The number of hydrogen-bond donors (Lipinski definition) is 2. The fourth-order valence-electron chi connectivity index (χ4n) is 3.60. The topological polar surface area (TPSA) is 83.8 Å². The Morgan fingerprint density at radius 1 is 0.515 bits per heavy atom. The van der Waals surface area contributed by atoms with E-state index in [0.29, 0.717) is 0 Å². The molecule has 0 saturated carbocycles. The number of rotatable bonds is 7. The van der Waals surface area contributed by atoms with Gasteiger partial charge in [0.05, 0.1) is 0 Å². The molecule has 0 bridgehead atoms. The van der Waals surface area contributed by atoms with Gasteiger partial charge in [-0.25, -0.2) is 0 Å². The second-order valence-corrected chi connectivity index (χ2v) is 8.71. The van der Waals surface area contributed by atoms with E-state index in [1.54, 1.807) is 0 Å². The summed E-state index contributed by atoms with van der Waals surface area (Å²) in [6.45, 7) is 0. The molecule has 0 aliphatic rings. The molecule has 166 valence electrons. The van der Waals surface area contributed by atoms with E-state index < -0.39 is 16.5 Å². The van der Waals surface area contributed by atoms with Crippen LogP contribution in [0.5, 0.6) is 0 Å². The second kappa shape index (κ2) is 12.9. The van der Waals surface area contributed by atoms with Crippen molar-refractivity contribution in [2.45, 2.75) is 12.8 Å². The van der Waals surface area contributed by atoms with Gasteiger partial charge in [0, 0.05) is 9.13 Å². The SMILES string of the molecule is O=[P+](O)O[P+](=O)O.c1ccc(-c2ccccc2CCc2ccccc2-c2ccccc2)cc1. The minimum atomic E-state index is -2.92. The van der Waals surface area contributed by atoms with Crippen LogP contribution in [0.15, 0.2) is 109 Å². The van der Waals surface area contributed by atoms with E-state index in [2.05, 4.69) is 114 Å². The molecule has 0 aromatic heterocycles. The fraction of sp³-hybridized carbons (Fsp3) is 0.0769. The summed E-state index contributed by atoms with van der Waals surface area (Å²) >= 11 is 0. The van der Waals surface area contributed by atoms with Crippen LogP contribution in [-0.4, -0.2) is 9.79 Å². The van der Waals surface area contributed by atoms with Crippen molar-refractivity contribution in [3.05, 3.63) is 120 Å². The molecule has 4 aromatic carbocycles. The van der Waals surface area contributed by atoms with E-state index in [9.17, 15) is 9.13 Å². The molecule has 0 saturated heterocycles. The van der Waals surface area contributed by atoms with Crippen LogP contribution in [0.3, 0.4) is 0 Å². The van der Waals surface area contributed by atoms with E-state index in [4.69, 9.17) is 9.79 Å². The normalized spacial score (nSPS) is 11.2. The van der Waals surface area contributed by atoms with Crippen molar-refractivity contribution in [1.29, 1.82) is 0 Å². The molecule has 0 aliphatic carbocycles. The van der Waals surface area contributed by atoms with Gasteiger partial charge < -0.3 is 0 Å². The Hall–Kier alpha value is -3.04. The zero-order valence-electron chi connectivity index (χ0n) is 17.8. The lowest BCUT2D eigenvalue weighted by atomic mass is 9.92. The number of hydrogen-bond acceptors (Lipinski definition) is 3. The van der Waals surface area contributed by atoms with Gasteiger partial charge in [0.2, 0.25) is 0 Å². The van der Waals surface area contributed by atoms with E-state index in [1.807, 2.05) is 0 Å². The van der Waals surface area contributed by atoms with Crippen molar-refractivity contribution in [3.63, 3.8) is 0 Å². The summed E-state index contributed by atoms with van der Waals surface area (Å²) in [5.41, 5.74) is 8.07. The maximum atomic E-state index is 9.39. The van der Waals surface area contributed by atoms with Crippen LogP contribution in [-0.2, 0) is 26.3 Å². The first-order valence-corrected chi connectivity index (χ1v) is 12.6. The molecule has 0 amide bonds. The van der Waals surface area contributed by atoms with Crippen LogP contribution in [0.4, 0.5) is 0 Å². The van der Waals surface area contributed by atoms with E-state index in [-0.39, 0.29) is 0 Å². The standard InChI is InChI=1S/C26H22.O5P2/c1-3-11-21(12-4-1)25-17-9-7-15-23(25)19-20-24-16-8-10-18-26(24)22-13-5-2-6-14-22;1-6(2)5-7(3)4/h1-18H,19-20H2;/p+2. The molecule has 0 aliphatic heterocycles. The molecular weight excluding hydrogens is 454 g/mol. The minimum Gasteiger partial charge on any atom is -0.131 e. The van der Waals surface area contributed by atoms with Crippen LogP contribution in [0.25, 0.3) is 22.3 Å². The lowest BCUT2D eigenvalue weighted by Gasteiger charge is -2.13. The average Bonchev–Trinajstić information content (AvgIpc) is 2.84. The molecule has 0 fully saturated rings. The van der Waals surface area contributed by atoms with Crippen molar-refractivity contribution >= 4 is 16.5 Å². The van der Waals surface area contributed by atoms with Crippen LogP contribution >= 0.6 is 16.5 Å². The van der Waals surface area contributed by atoms with Crippen molar-refractivity contribution < 1.29 is 23.2 Å². The molecule has 2 N–H and O–H groups in total. The summed E-state index contributed by atoms with van der Waals surface area (Å²) in [5.74, 6) is 0. The third-order valence-corrected chi connectivity index (χ3v) is 6.13. The van der Waals surface area contributed by atoms with E-state index in [0.717, 1.165) is 12.8 Å². The Morgan fingerprint density at radius 2 is 0.848 bits per heavy atom. The minimum absolute atomic E-state index is 1.04. The first-order chi connectivity index (χ1) is 16.0. The summed E-state index contributed by atoms with van der Waals surface area (Å²) in [6.07, 6.45) is 2.07. The highest BCUT2D eigenvalue weighted by molar-refractivity contribution is 7.46. The van der Waals surface area contributed by atoms with Gasteiger partial charge in [-0.05, 0) is 46.2 Å². The van der Waals surface area contributed by atoms with E-state index in [1.165, 1.54) is 33.4 Å². The Balaban J connectivity index is 0.000000383. The summed E-state index contributed by atoms with van der Waals surface area (Å²) in [5, 5.41) is 0. The summed E-state index contributed by atoms with van der Waals surface area (Å²) in [6, 6.07) is 38.9. The summed E-state index contributed by atoms with van der Waals surface area (Å²) in [7, 11) is -5.85. The molecule has 0 heterocycles. The largest absolute Gasteiger partial charge is 0.745 e. The predicted octanol–water partition coefficient (Wildman–Crippen LogP) is 7.11.